The molecule has 0 unspecified atom stereocenters. The molecule has 1 aliphatic rings. The Labute approximate surface area is 177 Å². The maximum atomic E-state index is 13.3. The van der Waals surface area contributed by atoms with Crippen molar-refractivity contribution in [2.75, 3.05) is 12.0 Å². The molecule has 31 heavy (non-hydrogen) atoms. The number of aliphatic imine (C=N–C) groups is 1. The van der Waals surface area contributed by atoms with Crippen LogP contribution in [0, 0.1) is 10.1 Å². The van der Waals surface area contributed by atoms with Gasteiger partial charge >= 0.3 is 0 Å². The molecule has 8 nitrogen and oxygen atoms in total. The molecule has 0 aliphatic carbocycles. The zero-order valence-electron chi connectivity index (χ0n) is 16.4. The normalized spacial score (nSPS) is 14.6. The van der Waals surface area contributed by atoms with Crippen LogP contribution in [0.2, 0.25) is 0 Å². The minimum absolute atomic E-state index is 0.0987. The van der Waals surface area contributed by atoms with Crippen molar-refractivity contribution in [1.29, 1.82) is 0 Å². The Kier molecular flexibility index (Phi) is 5.19. The van der Waals surface area contributed by atoms with E-state index < -0.39 is 16.6 Å². The fraction of sp³-hybridized carbons (Fsp3) is 0.0435. The molecule has 0 fully saturated rings. The first-order chi connectivity index (χ1) is 15.0. The summed E-state index contributed by atoms with van der Waals surface area (Å²) in [6.45, 7) is 0. The van der Waals surface area contributed by atoms with Gasteiger partial charge in [0.15, 0.2) is 0 Å². The Morgan fingerprint density at radius 3 is 2.45 bits per heavy atom. The number of nitro benzene ring substituents is 1. The van der Waals surface area contributed by atoms with E-state index in [0.717, 1.165) is 6.07 Å². The number of benzene rings is 3. The highest BCUT2D eigenvalue weighted by molar-refractivity contribution is 6.33. The van der Waals surface area contributed by atoms with E-state index in [0.29, 0.717) is 22.7 Å². The summed E-state index contributed by atoms with van der Waals surface area (Å²) in [5.74, 6) is 0.00503. The van der Waals surface area contributed by atoms with Gasteiger partial charge in [0, 0.05) is 17.2 Å². The predicted octanol–water partition coefficient (Wildman–Crippen LogP) is 4.14. The second-order valence-electron chi connectivity index (χ2n) is 6.64. The number of methoxy groups -OCH3 is 1. The molecule has 4 rings (SSSR count). The van der Waals surface area contributed by atoms with Crippen LogP contribution in [-0.4, -0.2) is 28.9 Å². The standard InChI is InChI=1S/C23H17N3O5/c1-31-21-10-6-5-9-16(21)13-18-23(28)25(22(24-18)15-7-3-2-4-8-15)19-12-11-17(26(29)30)14-20(19)27/h2-14,27H,1H3. The number of nitro groups is 1. The Balaban J connectivity index is 1.85. The van der Waals surface area contributed by atoms with Crippen LogP contribution < -0.4 is 9.64 Å². The lowest BCUT2D eigenvalue weighted by Crippen LogP contribution is -2.32. The van der Waals surface area contributed by atoms with Gasteiger partial charge < -0.3 is 9.84 Å². The molecule has 0 atom stereocenters. The molecule has 0 bridgehead atoms. The maximum Gasteiger partial charge on any atom is 0.282 e. The summed E-state index contributed by atoms with van der Waals surface area (Å²) in [6, 6.07) is 19.8. The molecule has 0 radical (unpaired) electrons. The van der Waals surface area contributed by atoms with Gasteiger partial charge in [-0.05, 0) is 18.2 Å². The third-order valence-electron chi connectivity index (χ3n) is 4.73. The molecule has 3 aromatic rings. The quantitative estimate of drug-likeness (QED) is 0.383. The minimum atomic E-state index is -0.617. The third-order valence-corrected chi connectivity index (χ3v) is 4.73. The highest BCUT2D eigenvalue weighted by Gasteiger charge is 2.34. The number of para-hydroxylation sites is 1. The average molecular weight is 415 g/mol. The maximum absolute atomic E-state index is 13.3. The zero-order chi connectivity index (χ0) is 22.0. The minimum Gasteiger partial charge on any atom is -0.505 e. The number of anilines is 1. The molecule has 3 aromatic carbocycles. The summed E-state index contributed by atoms with van der Waals surface area (Å²) >= 11 is 0. The molecule has 154 valence electrons. The number of carbonyl (C=O) groups excluding carboxylic acids is 1. The summed E-state index contributed by atoms with van der Waals surface area (Å²) < 4.78 is 5.35. The number of aromatic hydroxyl groups is 1. The van der Waals surface area contributed by atoms with Crippen molar-refractivity contribution in [3.05, 3.63) is 99.7 Å². The van der Waals surface area contributed by atoms with Crippen LogP contribution in [0.1, 0.15) is 11.1 Å². The number of amides is 1. The van der Waals surface area contributed by atoms with Gasteiger partial charge in [-0.25, -0.2) is 4.99 Å². The first-order valence-electron chi connectivity index (χ1n) is 9.30. The Bertz CT molecular complexity index is 1230. The van der Waals surface area contributed by atoms with Gasteiger partial charge in [-0.1, -0.05) is 48.5 Å². The van der Waals surface area contributed by atoms with Gasteiger partial charge in [0.2, 0.25) is 0 Å². The number of non-ortho nitro benzene ring substituents is 1. The Morgan fingerprint density at radius 1 is 1.06 bits per heavy atom. The fourth-order valence-corrected chi connectivity index (χ4v) is 3.27. The number of ether oxygens (including phenoxy) is 1. The van der Waals surface area contributed by atoms with Crippen LogP contribution >= 0.6 is 0 Å². The number of rotatable bonds is 5. The topological polar surface area (TPSA) is 105 Å². The van der Waals surface area contributed by atoms with E-state index in [1.165, 1.54) is 24.1 Å². The second-order valence-corrected chi connectivity index (χ2v) is 6.64. The average Bonchev–Trinajstić information content (AvgIpc) is 3.10. The SMILES string of the molecule is COc1ccccc1C=C1N=C(c2ccccc2)N(c2ccc([N+](=O)[O-])cc2O)C1=O. The first kappa shape index (κ1) is 19.8. The zero-order valence-corrected chi connectivity index (χ0v) is 16.4. The van der Waals surface area contributed by atoms with E-state index in [4.69, 9.17) is 4.74 Å². The second kappa shape index (κ2) is 8.11. The Hall–Kier alpha value is -4.46. The molecule has 0 aromatic heterocycles. The van der Waals surface area contributed by atoms with E-state index in [9.17, 15) is 20.0 Å². The molecule has 1 amide bonds. The van der Waals surface area contributed by atoms with Crippen molar-refractivity contribution >= 4 is 29.2 Å². The first-order valence-corrected chi connectivity index (χ1v) is 9.30. The molecule has 0 saturated carbocycles. The van der Waals surface area contributed by atoms with Crippen molar-refractivity contribution in [3.63, 3.8) is 0 Å². The van der Waals surface area contributed by atoms with Crippen molar-refractivity contribution in [2.45, 2.75) is 0 Å². The fourth-order valence-electron chi connectivity index (χ4n) is 3.27. The van der Waals surface area contributed by atoms with Gasteiger partial charge in [-0.3, -0.25) is 19.8 Å². The molecule has 1 N–H and O–H groups in total. The van der Waals surface area contributed by atoms with Crippen molar-refractivity contribution < 1.29 is 19.6 Å². The van der Waals surface area contributed by atoms with Gasteiger partial charge in [0.25, 0.3) is 11.6 Å². The Morgan fingerprint density at radius 2 is 1.77 bits per heavy atom. The highest BCUT2D eigenvalue weighted by Crippen LogP contribution is 2.36. The van der Waals surface area contributed by atoms with Crippen LogP contribution in [0.5, 0.6) is 11.5 Å². The molecule has 0 saturated heterocycles. The number of phenols is 1. The summed E-state index contributed by atoms with van der Waals surface area (Å²) in [5, 5.41) is 21.5. The molecule has 1 aliphatic heterocycles. The van der Waals surface area contributed by atoms with Crippen LogP contribution in [0.25, 0.3) is 6.08 Å². The van der Waals surface area contributed by atoms with Gasteiger partial charge in [0.05, 0.1) is 23.8 Å². The van der Waals surface area contributed by atoms with E-state index in [2.05, 4.69) is 4.99 Å². The predicted molar refractivity (Wildman–Crippen MR) is 116 cm³/mol. The number of carbonyl (C=O) groups is 1. The van der Waals surface area contributed by atoms with Crippen LogP contribution in [0.4, 0.5) is 11.4 Å². The summed E-state index contributed by atoms with van der Waals surface area (Å²) in [6.07, 6.45) is 1.60. The third kappa shape index (κ3) is 3.74. The van der Waals surface area contributed by atoms with Crippen molar-refractivity contribution in [1.82, 2.24) is 0 Å². The smallest absolute Gasteiger partial charge is 0.282 e. The molecule has 1 heterocycles. The largest absolute Gasteiger partial charge is 0.505 e. The van der Waals surface area contributed by atoms with Gasteiger partial charge in [-0.2, -0.15) is 0 Å². The number of amidine groups is 1. The van der Waals surface area contributed by atoms with Crippen molar-refractivity contribution in [2.24, 2.45) is 4.99 Å². The molecule has 0 spiro atoms. The van der Waals surface area contributed by atoms with E-state index in [1.54, 1.807) is 42.5 Å². The number of hydrogen-bond donors (Lipinski definition) is 1. The van der Waals surface area contributed by atoms with Crippen LogP contribution in [0.15, 0.2) is 83.5 Å². The lowest BCUT2D eigenvalue weighted by Gasteiger charge is -2.19. The van der Waals surface area contributed by atoms with E-state index in [1.807, 2.05) is 18.2 Å². The summed E-state index contributed by atoms with van der Waals surface area (Å²) in [7, 11) is 1.54. The highest BCUT2D eigenvalue weighted by atomic mass is 16.6. The lowest BCUT2D eigenvalue weighted by molar-refractivity contribution is -0.384. The number of nitrogens with zero attached hydrogens (tertiary/aromatic N) is 3. The van der Waals surface area contributed by atoms with E-state index in [-0.39, 0.29) is 17.1 Å². The van der Waals surface area contributed by atoms with Gasteiger partial charge in [0.1, 0.15) is 23.0 Å². The molecular formula is C23H17N3O5. The molecule has 8 heteroatoms. The monoisotopic (exact) mass is 415 g/mol. The summed E-state index contributed by atoms with van der Waals surface area (Å²) in [5.41, 5.74) is 1.27. The summed E-state index contributed by atoms with van der Waals surface area (Å²) in [4.78, 5) is 29.5. The number of hydrogen-bond acceptors (Lipinski definition) is 6. The van der Waals surface area contributed by atoms with Crippen LogP contribution in [0.3, 0.4) is 0 Å². The number of phenolic OH excluding ortho intramolecular Hbond substituents is 1. The lowest BCUT2D eigenvalue weighted by atomic mass is 10.1. The van der Waals surface area contributed by atoms with Crippen molar-refractivity contribution in [3.8, 4) is 11.5 Å². The molecular weight excluding hydrogens is 398 g/mol. The van der Waals surface area contributed by atoms with Gasteiger partial charge in [-0.15, -0.1) is 0 Å². The van der Waals surface area contributed by atoms with E-state index >= 15 is 0 Å². The van der Waals surface area contributed by atoms with Crippen LogP contribution in [-0.2, 0) is 4.79 Å².